The molecule has 7 atom stereocenters. The van der Waals surface area contributed by atoms with E-state index in [9.17, 15) is 19.8 Å². The number of rotatable bonds is 4. The first-order valence-corrected chi connectivity index (χ1v) is 13.3. The molecule has 2 bridgehead atoms. The molecule has 5 N–H and O–H groups in total. The first kappa shape index (κ1) is 32.9. The van der Waals surface area contributed by atoms with Crippen LogP contribution in [-0.2, 0) is 23.7 Å². The highest BCUT2D eigenvalue weighted by molar-refractivity contribution is 6.04. The number of hydrogen-bond donors (Lipinski definition) is 4. The molecule has 1 aromatic carbocycles. The van der Waals surface area contributed by atoms with Crippen molar-refractivity contribution in [1.29, 1.82) is 0 Å². The second-order valence-electron chi connectivity index (χ2n) is 10.5. The zero-order valence-corrected chi connectivity index (χ0v) is 24.6. The molecule has 0 fully saturated rings. The van der Waals surface area contributed by atoms with Gasteiger partial charge >= 0.3 is 6.09 Å². The number of phenolic OH excluding ortho intramolecular Hbond substituents is 2. The van der Waals surface area contributed by atoms with Gasteiger partial charge in [0.05, 0.1) is 24.0 Å². The van der Waals surface area contributed by atoms with Gasteiger partial charge < -0.3 is 40.2 Å². The van der Waals surface area contributed by atoms with Gasteiger partial charge in [-0.05, 0) is 37.8 Å². The SMILES string of the molecule is CO[C@@H]1[C@H](C)/C=C(/C)[C@H](OC(N)=O)[C@H](C)/C=C/C=C(/C)C(=O)Nc2cc(O)cc(c2O)[C@H](OC)[C@H](C)C[C@@H]1OC. The molecule has 1 heterocycles. The summed E-state index contributed by atoms with van der Waals surface area (Å²) in [6, 6.07) is 2.71. The average molecular weight is 561 g/mol. The van der Waals surface area contributed by atoms with Crippen molar-refractivity contribution in [2.24, 2.45) is 23.5 Å². The van der Waals surface area contributed by atoms with Crippen LogP contribution >= 0.6 is 0 Å². The van der Waals surface area contributed by atoms with Crippen LogP contribution in [0.3, 0.4) is 0 Å². The summed E-state index contributed by atoms with van der Waals surface area (Å²) in [7, 11) is 4.73. The van der Waals surface area contributed by atoms with Gasteiger partial charge in [0.1, 0.15) is 17.6 Å². The number of methoxy groups -OCH3 is 3. The van der Waals surface area contributed by atoms with Gasteiger partial charge in [0.15, 0.2) is 0 Å². The van der Waals surface area contributed by atoms with E-state index >= 15 is 0 Å². The van der Waals surface area contributed by atoms with E-state index in [1.807, 2.05) is 33.8 Å². The Morgan fingerprint density at radius 1 is 1.00 bits per heavy atom. The maximum atomic E-state index is 12.9. The highest BCUT2D eigenvalue weighted by Crippen LogP contribution is 2.42. The Bertz CT molecular complexity index is 1130. The summed E-state index contributed by atoms with van der Waals surface area (Å²) in [5.74, 6) is -1.43. The van der Waals surface area contributed by atoms with Crippen molar-refractivity contribution in [3.63, 3.8) is 0 Å². The highest BCUT2D eigenvalue weighted by atomic mass is 16.6. The molecule has 0 aromatic heterocycles. The van der Waals surface area contributed by atoms with E-state index in [0.717, 1.165) is 5.57 Å². The van der Waals surface area contributed by atoms with Crippen molar-refractivity contribution in [2.75, 3.05) is 26.6 Å². The van der Waals surface area contributed by atoms with E-state index in [0.29, 0.717) is 17.6 Å². The molecule has 0 saturated heterocycles. The number of phenols is 2. The molecule has 1 aliphatic heterocycles. The van der Waals surface area contributed by atoms with E-state index in [4.69, 9.17) is 24.7 Å². The fourth-order valence-corrected chi connectivity index (χ4v) is 5.30. The average Bonchev–Trinajstić information content (AvgIpc) is 2.88. The number of benzene rings is 1. The minimum atomic E-state index is -0.891. The third-order valence-electron chi connectivity index (χ3n) is 7.33. The first-order chi connectivity index (χ1) is 18.8. The van der Waals surface area contributed by atoms with Crippen LogP contribution in [0.15, 0.2) is 47.6 Å². The van der Waals surface area contributed by atoms with Gasteiger partial charge in [-0.25, -0.2) is 4.79 Å². The van der Waals surface area contributed by atoms with Crippen LogP contribution < -0.4 is 11.1 Å². The number of carbonyl (C=O) groups is 2. The minimum Gasteiger partial charge on any atom is -0.508 e. The Balaban J connectivity index is 2.67. The Morgan fingerprint density at radius 2 is 1.68 bits per heavy atom. The number of aromatic hydroxyl groups is 2. The van der Waals surface area contributed by atoms with Crippen LogP contribution in [-0.4, -0.2) is 61.9 Å². The number of allylic oxidation sites excluding steroid dienone is 2. The number of carbonyl (C=O) groups excluding carboxylic acids is 2. The quantitative estimate of drug-likeness (QED) is 0.229. The number of anilines is 1. The van der Waals surface area contributed by atoms with Gasteiger partial charge in [-0.1, -0.05) is 45.1 Å². The summed E-state index contributed by atoms with van der Waals surface area (Å²) < 4.78 is 23.0. The van der Waals surface area contributed by atoms with Gasteiger partial charge in [0, 0.05) is 50.4 Å². The number of hydrogen-bond acceptors (Lipinski definition) is 8. The van der Waals surface area contributed by atoms with Gasteiger partial charge in [-0.2, -0.15) is 0 Å². The zero-order valence-electron chi connectivity index (χ0n) is 24.6. The van der Waals surface area contributed by atoms with Crippen molar-refractivity contribution in [3.8, 4) is 11.5 Å². The predicted octanol–water partition coefficient (Wildman–Crippen LogP) is 4.98. The molecular weight excluding hydrogens is 516 g/mol. The Hall–Kier alpha value is -3.34. The number of primary amides is 1. The summed E-state index contributed by atoms with van der Waals surface area (Å²) >= 11 is 0. The second kappa shape index (κ2) is 14.9. The lowest BCUT2D eigenvalue weighted by molar-refractivity contribution is -0.112. The molecule has 2 rings (SSSR count). The number of nitrogens with two attached hydrogens (primary N) is 1. The summed E-state index contributed by atoms with van der Waals surface area (Å²) in [6.45, 7) is 9.30. The summed E-state index contributed by atoms with van der Waals surface area (Å²) in [5, 5.41) is 24.2. The van der Waals surface area contributed by atoms with E-state index in [-0.39, 0.29) is 47.1 Å². The van der Waals surface area contributed by atoms with Gasteiger partial charge in [0.25, 0.3) is 5.91 Å². The molecule has 1 aromatic rings. The molecule has 2 amide bonds. The second-order valence-corrected chi connectivity index (χ2v) is 10.5. The van der Waals surface area contributed by atoms with Crippen LogP contribution in [0.5, 0.6) is 11.5 Å². The smallest absolute Gasteiger partial charge is 0.405 e. The van der Waals surface area contributed by atoms with Crippen LogP contribution in [0.2, 0.25) is 0 Å². The lowest BCUT2D eigenvalue weighted by Crippen LogP contribution is -2.37. The van der Waals surface area contributed by atoms with Gasteiger partial charge in [-0.15, -0.1) is 0 Å². The Morgan fingerprint density at radius 3 is 2.25 bits per heavy atom. The van der Waals surface area contributed by atoms with E-state index < -0.39 is 24.2 Å². The summed E-state index contributed by atoms with van der Waals surface area (Å²) in [6.07, 6.45) is 4.64. The summed E-state index contributed by atoms with van der Waals surface area (Å²) in [5.41, 5.74) is 6.91. The molecule has 222 valence electrons. The molecule has 10 heteroatoms. The van der Waals surface area contributed by atoms with Crippen LogP contribution in [0.4, 0.5) is 10.5 Å². The molecular formula is C30H44N2O8. The van der Waals surface area contributed by atoms with E-state index in [1.54, 1.807) is 39.4 Å². The van der Waals surface area contributed by atoms with Crippen LogP contribution in [0, 0.1) is 17.8 Å². The molecule has 10 nitrogen and oxygen atoms in total. The standard InChI is InChI=1S/C30H44N2O8/c1-16-10-9-11-17(2)29(35)32-23-15-21(33)14-22(25(23)34)27(38-7)20(5)13-24(37-6)28(39-8)19(4)12-18(3)26(16)40-30(31)36/h9-12,14-16,19-20,24,26-28,33-34H,13H2,1-8H3,(H2,31,36)(H,32,35)/b10-9+,17-11-,18-12-/t16-,19-,20-,24+,26-,27-,28-/m1/s1. The normalized spacial score (nSPS) is 32.2. The molecule has 0 unspecified atom stereocenters. The third kappa shape index (κ3) is 8.33. The highest BCUT2D eigenvalue weighted by Gasteiger charge is 2.33. The molecule has 40 heavy (non-hydrogen) atoms. The van der Waals surface area contributed by atoms with Crippen molar-refractivity contribution in [3.05, 3.63) is 53.1 Å². The number of amides is 2. The zero-order chi connectivity index (χ0) is 30.1. The van der Waals surface area contributed by atoms with Crippen molar-refractivity contribution in [1.82, 2.24) is 0 Å². The van der Waals surface area contributed by atoms with Crippen molar-refractivity contribution < 1.29 is 38.7 Å². The van der Waals surface area contributed by atoms with E-state index in [1.165, 1.54) is 19.2 Å². The molecule has 1 aliphatic rings. The lowest BCUT2D eigenvalue weighted by Gasteiger charge is -2.33. The topological polar surface area (TPSA) is 150 Å². The molecule has 0 spiro atoms. The number of nitrogens with one attached hydrogen (secondary N) is 1. The van der Waals surface area contributed by atoms with Crippen LogP contribution in [0.1, 0.15) is 52.7 Å². The maximum absolute atomic E-state index is 12.9. The fraction of sp³-hybridized carbons (Fsp3) is 0.533. The van der Waals surface area contributed by atoms with Crippen molar-refractivity contribution in [2.45, 2.75) is 65.5 Å². The van der Waals surface area contributed by atoms with E-state index in [2.05, 4.69) is 5.32 Å². The van der Waals surface area contributed by atoms with Gasteiger partial charge in [0.2, 0.25) is 0 Å². The fourth-order valence-electron chi connectivity index (χ4n) is 5.30. The maximum Gasteiger partial charge on any atom is 0.405 e. The monoisotopic (exact) mass is 560 g/mol. The number of fused-ring (bicyclic) bond motifs is 2. The minimum absolute atomic E-state index is 0.0543. The largest absolute Gasteiger partial charge is 0.508 e. The molecule has 0 saturated carbocycles. The van der Waals surface area contributed by atoms with Gasteiger partial charge in [-0.3, -0.25) is 4.79 Å². The predicted molar refractivity (Wildman–Crippen MR) is 153 cm³/mol. The first-order valence-electron chi connectivity index (χ1n) is 13.3. The lowest BCUT2D eigenvalue weighted by atomic mass is 9.86. The Labute approximate surface area is 236 Å². The Kier molecular flexibility index (Phi) is 12.2. The van der Waals surface area contributed by atoms with Crippen LogP contribution in [0.25, 0.3) is 0 Å². The molecule has 0 radical (unpaired) electrons. The summed E-state index contributed by atoms with van der Waals surface area (Å²) in [4.78, 5) is 24.6. The van der Waals surface area contributed by atoms with Crippen molar-refractivity contribution >= 4 is 17.7 Å². The third-order valence-corrected chi connectivity index (χ3v) is 7.33. The number of ether oxygens (including phenoxy) is 4. The molecule has 0 aliphatic carbocycles.